The molecule has 10 heteroatoms. The second-order valence-electron chi connectivity index (χ2n) is 8.07. The molecule has 0 aliphatic carbocycles. The Bertz CT molecular complexity index is 1390. The third kappa shape index (κ3) is 5.99. The van der Waals surface area contributed by atoms with E-state index in [2.05, 4.69) is 33.0 Å². The van der Waals surface area contributed by atoms with Crippen molar-refractivity contribution in [1.82, 2.24) is 40.5 Å². The zero-order valence-electron chi connectivity index (χ0n) is 19.5. The molecule has 0 atom stereocenters. The summed E-state index contributed by atoms with van der Waals surface area (Å²) in [7, 11) is 0. The summed E-state index contributed by atoms with van der Waals surface area (Å²) < 4.78 is 1.77. The zero-order valence-corrected chi connectivity index (χ0v) is 21.1. The molecule has 5 rings (SSSR count). The lowest BCUT2D eigenvalue weighted by molar-refractivity contribution is 0.576. The highest BCUT2D eigenvalue weighted by Gasteiger charge is 2.14. The van der Waals surface area contributed by atoms with Crippen molar-refractivity contribution in [2.75, 3.05) is 12.3 Å². The molecule has 2 aromatic heterocycles. The van der Waals surface area contributed by atoms with E-state index in [0.29, 0.717) is 18.1 Å². The Kier molecular flexibility index (Phi) is 8.02. The molecule has 5 aromatic rings. The number of nitrogens with zero attached hydrogens (tertiary/aromatic N) is 7. The summed E-state index contributed by atoms with van der Waals surface area (Å²) in [5.74, 6) is 0.894. The van der Waals surface area contributed by atoms with Gasteiger partial charge in [-0.1, -0.05) is 90.1 Å². The molecule has 2 heterocycles. The number of rotatable bonds is 11. The fourth-order valence-corrected chi connectivity index (χ4v) is 4.76. The molecule has 36 heavy (non-hydrogen) atoms. The van der Waals surface area contributed by atoms with E-state index in [1.165, 1.54) is 0 Å². The minimum absolute atomic E-state index is 0.520. The fourth-order valence-electron chi connectivity index (χ4n) is 3.74. The van der Waals surface area contributed by atoms with Crippen LogP contribution < -0.4 is 5.32 Å². The van der Waals surface area contributed by atoms with Gasteiger partial charge in [-0.15, -0.1) is 5.10 Å². The number of benzene rings is 3. The van der Waals surface area contributed by atoms with Crippen LogP contribution in [0.3, 0.4) is 0 Å². The summed E-state index contributed by atoms with van der Waals surface area (Å²) in [6, 6.07) is 27.8. The third-order valence-electron chi connectivity index (χ3n) is 5.50. The van der Waals surface area contributed by atoms with Gasteiger partial charge in [0.15, 0.2) is 0 Å². The van der Waals surface area contributed by atoms with E-state index in [4.69, 9.17) is 21.8 Å². The minimum Gasteiger partial charge on any atom is -0.311 e. The molecular weight excluding hydrogens is 492 g/mol. The molecule has 0 saturated heterocycles. The van der Waals surface area contributed by atoms with Crippen molar-refractivity contribution >= 4 is 23.4 Å². The van der Waals surface area contributed by atoms with Gasteiger partial charge in [0, 0.05) is 22.9 Å². The lowest BCUT2D eigenvalue weighted by atomic mass is 10.1. The van der Waals surface area contributed by atoms with Crippen molar-refractivity contribution in [2.24, 2.45) is 0 Å². The highest BCUT2D eigenvalue weighted by Crippen LogP contribution is 2.22. The third-order valence-corrected chi connectivity index (χ3v) is 6.88. The average molecular weight is 517 g/mol. The van der Waals surface area contributed by atoms with E-state index in [1.54, 1.807) is 21.2 Å². The molecule has 0 unspecified atom stereocenters. The molecule has 0 saturated carbocycles. The fraction of sp³-hybridized carbons (Fsp3) is 0.192. The molecule has 1 N–H and O–H groups in total. The Morgan fingerprint density at radius 2 is 1.61 bits per heavy atom. The summed E-state index contributed by atoms with van der Waals surface area (Å²) in [6.07, 6.45) is 0.959. The first-order valence-corrected chi connectivity index (χ1v) is 13.0. The van der Waals surface area contributed by atoms with Gasteiger partial charge in [-0.2, -0.15) is 19.7 Å². The van der Waals surface area contributed by atoms with Gasteiger partial charge < -0.3 is 5.32 Å². The number of nitrogens with one attached hydrogen (secondary N) is 1. The number of tetrazole rings is 1. The second-order valence-corrected chi connectivity index (χ2v) is 9.54. The largest absolute Gasteiger partial charge is 0.311 e. The van der Waals surface area contributed by atoms with Gasteiger partial charge in [0.05, 0.1) is 12.2 Å². The molecule has 182 valence electrons. The Hall–Kier alpha value is -3.53. The predicted molar refractivity (Wildman–Crippen MR) is 142 cm³/mol. The molecule has 0 radical (unpaired) electrons. The maximum Gasteiger partial charge on any atom is 0.214 e. The smallest absolute Gasteiger partial charge is 0.214 e. The lowest BCUT2D eigenvalue weighted by Gasteiger charge is -2.05. The first-order chi connectivity index (χ1) is 17.8. The number of para-hydroxylation sites is 1. The topological polar surface area (TPSA) is 86.3 Å². The van der Waals surface area contributed by atoms with Gasteiger partial charge in [0.2, 0.25) is 5.16 Å². The van der Waals surface area contributed by atoms with Crippen LogP contribution in [-0.2, 0) is 13.1 Å². The van der Waals surface area contributed by atoms with Gasteiger partial charge in [-0.05, 0) is 47.2 Å². The number of aromatic nitrogens is 7. The maximum absolute atomic E-state index is 6.35. The molecule has 0 spiro atoms. The minimum atomic E-state index is 0.520. The van der Waals surface area contributed by atoms with E-state index in [-0.39, 0.29) is 0 Å². The summed E-state index contributed by atoms with van der Waals surface area (Å²) in [6.45, 7) is 1.98. The normalized spacial score (nSPS) is 11.1. The van der Waals surface area contributed by atoms with Crippen LogP contribution in [-0.4, -0.2) is 47.5 Å². The van der Waals surface area contributed by atoms with Gasteiger partial charge >= 0.3 is 0 Å². The first-order valence-electron chi connectivity index (χ1n) is 11.7. The van der Waals surface area contributed by atoms with E-state index < -0.39 is 0 Å². The van der Waals surface area contributed by atoms with Crippen molar-refractivity contribution in [1.29, 1.82) is 0 Å². The summed E-state index contributed by atoms with van der Waals surface area (Å²) in [5.41, 5.74) is 4.78. The Balaban J connectivity index is 1.18. The van der Waals surface area contributed by atoms with Crippen LogP contribution in [0.15, 0.2) is 90.1 Å². The van der Waals surface area contributed by atoms with E-state index in [1.807, 2.05) is 72.8 Å². The number of halogens is 1. The van der Waals surface area contributed by atoms with E-state index >= 15 is 0 Å². The molecule has 0 bridgehead atoms. The Morgan fingerprint density at radius 3 is 2.42 bits per heavy atom. The quantitative estimate of drug-likeness (QED) is 0.197. The monoisotopic (exact) mass is 516 g/mol. The molecule has 0 fully saturated rings. The van der Waals surface area contributed by atoms with Crippen LogP contribution in [0, 0.1) is 0 Å². The van der Waals surface area contributed by atoms with Gasteiger partial charge in [0.25, 0.3) is 0 Å². The van der Waals surface area contributed by atoms with Gasteiger partial charge in [-0.3, -0.25) is 0 Å². The molecule has 0 aliphatic heterocycles. The predicted octanol–water partition coefficient (Wildman–Crippen LogP) is 4.89. The van der Waals surface area contributed by atoms with Crippen molar-refractivity contribution in [3.8, 4) is 16.9 Å². The highest BCUT2D eigenvalue weighted by molar-refractivity contribution is 7.99. The standard InChI is InChI=1S/C26H25ClN8S/c27-23-15-8-7-12-21(23)19-34-30-24(25(31-34)20-10-3-1-4-11-20)18-28-16-9-17-36-26-29-32-33-35(26)22-13-5-2-6-14-22/h1-8,10-15,28H,9,16-19H2. The maximum atomic E-state index is 6.35. The number of thioether (sulfide) groups is 1. The summed E-state index contributed by atoms with van der Waals surface area (Å²) >= 11 is 8.00. The Labute approximate surface area is 218 Å². The van der Waals surface area contributed by atoms with Crippen molar-refractivity contribution in [3.63, 3.8) is 0 Å². The van der Waals surface area contributed by atoms with Crippen molar-refractivity contribution in [3.05, 3.63) is 101 Å². The van der Waals surface area contributed by atoms with E-state index in [9.17, 15) is 0 Å². The van der Waals surface area contributed by atoms with Crippen LogP contribution in [0.1, 0.15) is 17.7 Å². The molecule has 0 amide bonds. The SMILES string of the molecule is Clc1ccccc1Cn1nc(CNCCCSc2nnnn2-c2ccccc2)c(-c2ccccc2)n1. The van der Waals surface area contributed by atoms with Crippen LogP contribution in [0.25, 0.3) is 16.9 Å². The molecule has 0 aliphatic rings. The summed E-state index contributed by atoms with van der Waals surface area (Å²) in [5, 5.41) is 26.7. The van der Waals surface area contributed by atoms with Gasteiger partial charge in [-0.25, -0.2) is 0 Å². The zero-order chi connectivity index (χ0) is 24.6. The first kappa shape index (κ1) is 24.2. The summed E-state index contributed by atoms with van der Waals surface area (Å²) in [4.78, 5) is 1.72. The van der Waals surface area contributed by atoms with Crippen LogP contribution in [0.5, 0.6) is 0 Å². The van der Waals surface area contributed by atoms with E-state index in [0.717, 1.165) is 52.1 Å². The van der Waals surface area contributed by atoms with Crippen LogP contribution in [0.4, 0.5) is 0 Å². The number of hydrogen-bond acceptors (Lipinski definition) is 7. The lowest BCUT2D eigenvalue weighted by Crippen LogP contribution is -2.16. The van der Waals surface area contributed by atoms with Crippen molar-refractivity contribution in [2.45, 2.75) is 24.7 Å². The van der Waals surface area contributed by atoms with Crippen molar-refractivity contribution < 1.29 is 0 Å². The molecule has 8 nitrogen and oxygen atoms in total. The van der Waals surface area contributed by atoms with Crippen LogP contribution in [0.2, 0.25) is 5.02 Å². The highest BCUT2D eigenvalue weighted by atomic mass is 35.5. The Morgan fingerprint density at radius 1 is 0.861 bits per heavy atom. The van der Waals surface area contributed by atoms with Gasteiger partial charge in [0.1, 0.15) is 11.4 Å². The average Bonchev–Trinajstić information content (AvgIpc) is 3.55. The second kappa shape index (κ2) is 11.9. The number of hydrogen-bond donors (Lipinski definition) is 1. The molecular formula is C26H25ClN8S. The molecule has 3 aromatic carbocycles. The van der Waals surface area contributed by atoms with Crippen LogP contribution >= 0.6 is 23.4 Å².